The average molecular weight is 477 g/mol. The number of nitrogens with zero attached hydrogens (tertiary/aromatic N) is 5. The van der Waals surface area contributed by atoms with Crippen molar-refractivity contribution in [3.63, 3.8) is 0 Å². The maximum absolute atomic E-state index is 13.3. The lowest BCUT2D eigenvalue weighted by atomic mass is 10.0. The molecule has 0 amide bonds. The SMILES string of the molecule is C[C@@H](Nc1n[nH]c(=O)c2cnc(N3CCN(C)CC3)cc12)c1cc([N+](=O)[O-])cc(C(F)(F)F)c1. The van der Waals surface area contributed by atoms with Crippen molar-refractivity contribution < 1.29 is 18.1 Å². The number of halogens is 3. The molecule has 1 aromatic carbocycles. The standard InChI is InChI=1S/C21H22F3N7O3/c1-12(13-7-14(21(22,23)24)9-15(8-13)31(33)34)26-19-16-10-18(30-5-3-29(2)4-6-30)25-11-17(16)20(32)28-27-19/h7-12H,3-6H2,1-2H3,(H,26,27)(H,28,32)/t12-/m1/s1. The normalized spacial score (nSPS) is 16.0. The first-order valence-corrected chi connectivity index (χ1v) is 10.5. The Bertz CT molecular complexity index is 1290. The minimum absolute atomic E-state index is 0.0519. The molecule has 3 heterocycles. The third kappa shape index (κ3) is 4.78. The van der Waals surface area contributed by atoms with Gasteiger partial charge in [0.05, 0.1) is 21.9 Å². The molecule has 34 heavy (non-hydrogen) atoms. The number of nitro groups is 1. The van der Waals surface area contributed by atoms with Gasteiger partial charge in [0, 0.05) is 49.9 Å². The van der Waals surface area contributed by atoms with E-state index < -0.39 is 34.0 Å². The van der Waals surface area contributed by atoms with E-state index in [4.69, 9.17) is 0 Å². The van der Waals surface area contributed by atoms with Crippen LogP contribution < -0.4 is 15.8 Å². The van der Waals surface area contributed by atoms with E-state index in [-0.39, 0.29) is 16.8 Å². The Morgan fingerprint density at radius 3 is 2.50 bits per heavy atom. The predicted octanol–water partition coefficient (Wildman–Crippen LogP) is 3.17. The second-order valence-electron chi connectivity index (χ2n) is 8.21. The summed E-state index contributed by atoms with van der Waals surface area (Å²) in [7, 11) is 2.02. The predicted molar refractivity (Wildman–Crippen MR) is 120 cm³/mol. The Labute approximate surface area is 191 Å². The van der Waals surface area contributed by atoms with Crippen LogP contribution in [-0.2, 0) is 6.18 Å². The van der Waals surface area contributed by atoms with E-state index >= 15 is 0 Å². The van der Waals surface area contributed by atoms with Crippen LogP contribution >= 0.6 is 0 Å². The number of aromatic nitrogens is 3. The summed E-state index contributed by atoms with van der Waals surface area (Å²) in [5, 5.41) is 21.3. The van der Waals surface area contributed by atoms with Crippen molar-refractivity contribution in [3.8, 4) is 0 Å². The average Bonchev–Trinajstić information content (AvgIpc) is 2.80. The first kappa shape index (κ1) is 23.4. The van der Waals surface area contributed by atoms with E-state index in [9.17, 15) is 28.1 Å². The molecular formula is C21H22F3N7O3. The number of nitro benzene ring substituents is 1. The summed E-state index contributed by atoms with van der Waals surface area (Å²) in [4.78, 5) is 31.3. The molecule has 13 heteroatoms. The van der Waals surface area contributed by atoms with Gasteiger partial charge < -0.3 is 15.1 Å². The van der Waals surface area contributed by atoms with E-state index in [0.29, 0.717) is 17.3 Å². The van der Waals surface area contributed by atoms with Gasteiger partial charge in [-0.2, -0.15) is 18.3 Å². The highest BCUT2D eigenvalue weighted by molar-refractivity contribution is 5.92. The maximum Gasteiger partial charge on any atom is 0.416 e. The van der Waals surface area contributed by atoms with Crippen molar-refractivity contribution in [1.29, 1.82) is 0 Å². The quantitative estimate of drug-likeness (QED) is 0.425. The highest BCUT2D eigenvalue weighted by Gasteiger charge is 2.33. The number of nitrogens with one attached hydrogen (secondary N) is 2. The van der Waals surface area contributed by atoms with Crippen molar-refractivity contribution >= 4 is 28.1 Å². The summed E-state index contributed by atoms with van der Waals surface area (Å²) < 4.78 is 39.9. The van der Waals surface area contributed by atoms with Gasteiger partial charge in [0.1, 0.15) is 5.82 Å². The summed E-state index contributed by atoms with van der Waals surface area (Å²) >= 11 is 0. The number of alkyl halides is 3. The fourth-order valence-electron chi connectivity index (χ4n) is 3.81. The van der Waals surface area contributed by atoms with Gasteiger partial charge in [-0.3, -0.25) is 14.9 Å². The highest BCUT2D eigenvalue weighted by atomic mass is 19.4. The molecule has 1 atom stereocenters. The maximum atomic E-state index is 13.3. The molecule has 1 aliphatic heterocycles. The number of hydrogen-bond donors (Lipinski definition) is 2. The zero-order valence-electron chi connectivity index (χ0n) is 18.4. The number of rotatable bonds is 5. The van der Waals surface area contributed by atoms with E-state index in [1.807, 2.05) is 7.05 Å². The second-order valence-corrected chi connectivity index (χ2v) is 8.21. The summed E-state index contributed by atoms with van der Waals surface area (Å²) in [6, 6.07) is 3.36. The number of H-pyrrole nitrogens is 1. The zero-order chi connectivity index (χ0) is 24.6. The Kier molecular flexibility index (Phi) is 6.13. The van der Waals surface area contributed by atoms with Crippen LogP contribution in [0.4, 0.5) is 30.5 Å². The molecule has 2 N–H and O–H groups in total. The van der Waals surface area contributed by atoms with Crippen LogP contribution in [0.25, 0.3) is 10.8 Å². The monoisotopic (exact) mass is 477 g/mol. The lowest BCUT2D eigenvalue weighted by Gasteiger charge is -2.33. The van der Waals surface area contributed by atoms with Crippen LogP contribution in [0.3, 0.4) is 0 Å². The van der Waals surface area contributed by atoms with E-state index in [1.165, 1.54) is 6.20 Å². The Hall–Kier alpha value is -3.74. The van der Waals surface area contributed by atoms with Gasteiger partial charge in [0.15, 0.2) is 5.82 Å². The molecule has 3 aromatic rings. The molecular weight excluding hydrogens is 455 g/mol. The molecule has 1 aliphatic rings. The topological polar surface area (TPSA) is 120 Å². The number of aromatic amines is 1. The van der Waals surface area contributed by atoms with E-state index in [1.54, 1.807) is 13.0 Å². The first-order valence-electron chi connectivity index (χ1n) is 10.5. The Morgan fingerprint density at radius 1 is 1.15 bits per heavy atom. The van der Waals surface area contributed by atoms with Crippen molar-refractivity contribution in [2.24, 2.45) is 0 Å². The molecule has 1 fully saturated rings. The molecule has 0 aliphatic carbocycles. The fraction of sp³-hybridized carbons (Fsp3) is 0.381. The second kappa shape index (κ2) is 8.89. The van der Waals surface area contributed by atoms with Gasteiger partial charge in [0.25, 0.3) is 11.2 Å². The summed E-state index contributed by atoms with van der Waals surface area (Å²) in [5.74, 6) is 0.873. The first-order chi connectivity index (χ1) is 16.0. The van der Waals surface area contributed by atoms with Crippen molar-refractivity contribution in [1.82, 2.24) is 20.1 Å². The molecule has 0 saturated carbocycles. The number of non-ortho nitro benzene ring substituents is 1. The van der Waals surface area contributed by atoms with Crippen molar-refractivity contribution in [2.45, 2.75) is 19.1 Å². The van der Waals surface area contributed by atoms with Gasteiger partial charge in [0.2, 0.25) is 0 Å². The van der Waals surface area contributed by atoms with Crippen LogP contribution in [-0.4, -0.2) is 58.2 Å². The van der Waals surface area contributed by atoms with Crippen LogP contribution in [0.15, 0.2) is 35.3 Å². The smallest absolute Gasteiger partial charge is 0.362 e. The minimum atomic E-state index is -4.74. The lowest BCUT2D eigenvalue weighted by molar-refractivity contribution is -0.385. The molecule has 2 aromatic heterocycles. The highest BCUT2D eigenvalue weighted by Crippen LogP contribution is 2.35. The molecule has 0 spiro atoms. The molecule has 0 unspecified atom stereocenters. The van der Waals surface area contributed by atoms with Crippen LogP contribution in [0.2, 0.25) is 0 Å². The number of anilines is 2. The van der Waals surface area contributed by atoms with E-state index in [0.717, 1.165) is 38.3 Å². The third-order valence-corrected chi connectivity index (χ3v) is 5.82. The molecule has 180 valence electrons. The van der Waals surface area contributed by atoms with Gasteiger partial charge in [-0.25, -0.2) is 10.1 Å². The summed E-state index contributed by atoms with van der Waals surface area (Å²) in [6.07, 6.45) is -3.30. The summed E-state index contributed by atoms with van der Waals surface area (Å²) in [5.41, 5.74) is -2.19. The number of fused-ring (bicyclic) bond motifs is 1. The van der Waals surface area contributed by atoms with Crippen molar-refractivity contribution in [3.05, 3.63) is 62.1 Å². The molecule has 4 rings (SSSR count). The lowest BCUT2D eigenvalue weighted by Crippen LogP contribution is -2.44. The number of benzene rings is 1. The van der Waals surface area contributed by atoms with Gasteiger partial charge in [-0.15, -0.1) is 0 Å². The number of pyridine rings is 1. The number of likely N-dealkylation sites (N-methyl/N-ethyl adjacent to an activating group) is 1. The third-order valence-electron chi connectivity index (χ3n) is 5.82. The van der Waals surface area contributed by atoms with Crippen LogP contribution in [0.5, 0.6) is 0 Å². The largest absolute Gasteiger partial charge is 0.416 e. The van der Waals surface area contributed by atoms with Gasteiger partial charge in [-0.1, -0.05) is 0 Å². The van der Waals surface area contributed by atoms with E-state index in [2.05, 4.69) is 30.3 Å². The Morgan fingerprint density at radius 2 is 1.85 bits per heavy atom. The molecule has 0 radical (unpaired) electrons. The van der Waals surface area contributed by atoms with Crippen LogP contribution in [0.1, 0.15) is 24.1 Å². The Balaban J connectivity index is 1.71. The molecule has 10 nitrogen and oxygen atoms in total. The fourth-order valence-corrected chi connectivity index (χ4v) is 3.81. The number of piperazine rings is 1. The van der Waals surface area contributed by atoms with Crippen molar-refractivity contribution in [2.75, 3.05) is 43.4 Å². The molecule has 1 saturated heterocycles. The van der Waals surface area contributed by atoms with Gasteiger partial charge >= 0.3 is 6.18 Å². The van der Waals surface area contributed by atoms with Crippen LogP contribution in [0, 0.1) is 10.1 Å². The summed E-state index contributed by atoms with van der Waals surface area (Å²) in [6.45, 7) is 4.76. The van der Waals surface area contributed by atoms with Gasteiger partial charge in [-0.05, 0) is 31.7 Å². The number of hydrogen-bond acceptors (Lipinski definition) is 8. The molecule has 0 bridgehead atoms. The zero-order valence-corrected chi connectivity index (χ0v) is 18.4. The minimum Gasteiger partial charge on any atom is -0.362 e.